The predicted molar refractivity (Wildman–Crippen MR) is 88.7 cm³/mol. The lowest BCUT2D eigenvalue weighted by atomic mass is 9.97. The van der Waals surface area contributed by atoms with Crippen LogP contribution in [0.25, 0.3) is 0 Å². The van der Waals surface area contributed by atoms with Crippen molar-refractivity contribution in [2.24, 2.45) is 5.92 Å². The van der Waals surface area contributed by atoms with Crippen LogP contribution in [-0.2, 0) is 6.42 Å². The first kappa shape index (κ1) is 15.4. The fourth-order valence-electron chi connectivity index (χ4n) is 3.20. The highest BCUT2D eigenvalue weighted by molar-refractivity contribution is 7.12. The minimum absolute atomic E-state index is 0.0318. The van der Waals surface area contributed by atoms with Crippen LogP contribution in [0, 0.1) is 5.92 Å². The van der Waals surface area contributed by atoms with Crippen molar-refractivity contribution in [3.63, 3.8) is 0 Å². The lowest BCUT2D eigenvalue weighted by molar-refractivity contribution is 0.0760. The van der Waals surface area contributed by atoms with Gasteiger partial charge >= 0.3 is 0 Å². The number of β-amino-alcohol motifs (C(OH)–C–C–N with tert-alkyl or cyclic N) is 1. The van der Waals surface area contributed by atoms with Crippen molar-refractivity contribution < 1.29 is 19.4 Å². The summed E-state index contributed by atoms with van der Waals surface area (Å²) in [6.45, 7) is 1.85. The molecule has 1 saturated heterocycles. The number of aliphatic hydroxyl groups is 1. The van der Waals surface area contributed by atoms with E-state index in [4.69, 9.17) is 9.47 Å². The standard InChI is InChI=1S/C17H18N2O4S/c20-13-9-19(8-12(13)7-11-1-3-18-4-2-11)17(21)16-15-14(10-24-16)22-5-6-23-15/h1-4,10,12-13,20H,5-9H2/t12-,13-/m1/s1. The Labute approximate surface area is 143 Å². The number of ether oxygens (including phenoxy) is 2. The fraction of sp³-hybridized carbons (Fsp3) is 0.412. The van der Waals surface area contributed by atoms with Crippen molar-refractivity contribution in [3.05, 3.63) is 40.3 Å². The second-order valence-corrected chi connectivity index (χ2v) is 6.93. The monoisotopic (exact) mass is 346 g/mol. The molecule has 0 aliphatic carbocycles. The quantitative estimate of drug-likeness (QED) is 0.914. The molecular formula is C17H18N2O4S. The lowest BCUT2D eigenvalue weighted by Crippen LogP contribution is -2.29. The molecular weight excluding hydrogens is 328 g/mol. The molecule has 2 aromatic heterocycles. The van der Waals surface area contributed by atoms with Gasteiger partial charge in [-0.25, -0.2) is 0 Å². The topological polar surface area (TPSA) is 71.9 Å². The van der Waals surface area contributed by atoms with Gasteiger partial charge in [0.1, 0.15) is 18.1 Å². The van der Waals surface area contributed by atoms with Crippen LogP contribution in [0.3, 0.4) is 0 Å². The first-order chi connectivity index (χ1) is 11.7. The molecule has 0 bridgehead atoms. The maximum atomic E-state index is 12.8. The van der Waals surface area contributed by atoms with Crippen molar-refractivity contribution in [2.75, 3.05) is 26.3 Å². The minimum Gasteiger partial charge on any atom is -0.485 e. The Bertz CT molecular complexity index is 733. The molecule has 126 valence electrons. The summed E-state index contributed by atoms with van der Waals surface area (Å²) in [6.07, 6.45) is 3.70. The number of amides is 1. The molecule has 2 atom stereocenters. The number of nitrogens with zero attached hydrogens (tertiary/aromatic N) is 2. The molecule has 2 aliphatic heterocycles. The van der Waals surface area contributed by atoms with Crippen LogP contribution in [0.2, 0.25) is 0 Å². The number of carbonyl (C=O) groups is 1. The van der Waals surface area contributed by atoms with Crippen LogP contribution >= 0.6 is 11.3 Å². The molecule has 4 heterocycles. The minimum atomic E-state index is -0.518. The summed E-state index contributed by atoms with van der Waals surface area (Å²) in [5, 5.41) is 12.2. The van der Waals surface area contributed by atoms with Crippen molar-refractivity contribution in [1.29, 1.82) is 0 Å². The van der Waals surface area contributed by atoms with E-state index in [-0.39, 0.29) is 11.8 Å². The SMILES string of the molecule is O=C(c1scc2c1OCCO2)N1C[C@@H](Cc2ccncc2)[C@H](O)C1. The Balaban J connectivity index is 1.47. The van der Waals surface area contributed by atoms with Crippen LogP contribution < -0.4 is 9.47 Å². The summed E-state index contributed by atoms with van der Waals surface area (Å²) in [6, 6.07) is 3.88. The van der Waals surface area contributed by atoms with Gasteiger partial charge in [-0.05, 0) is 24.1 Å². The number of aromatic nitrogens is 1. The van der Waals surface area contributed by atoms with Crippen molar-refractivity contribution in [2.45, 2.75) is 12.5 Å². The number of fused-ring (bicyclic) bond motifs is 1. The number of thiophene rings is 1. The number of aliphatic hydroxyl groups excluding tert-OH is 1. The normalized spacial score (nSPS) is 22.6. The van der Waals surface area contributed by atoms with E-state index in [0.29, 0.717) is 42.7 Å². The average Bonchev–Trinajstić information content (AvgIpc) is 3.19. The van der Waals surface area contributed by atoms with Gasteiger partial charge in [-0.3, -0.25) is 9.78 Å². The molecule has 1 fully saturated rings. The molecule has 0 aromatic carbocycles. The number of likely N-dealkylation sites (tertiary alicyclic amines) is 1. The summed E-state index contributed by atoms with van der Waals surface area (Å²) in [5.74, 6) is 1.12. The molecule has 24 heavy (non-hydrogen) atoms. The molecule has 1 N–H and O–H groups in total. The molecule has 0 radical (unpaired) electrons. The summed E-state index contributed by atoms with van der Waals surface area (Å²) in [5.41, 5.74) is 1.12. The Kier molecular flexibility index (Phi) is 4.12. The molecule has 1 amide bonds. The Morgan fingerprint density at radius 1 is 1.29 bits per heavy atom. The highest BCUT2D eigenvalue weighted by Crippen LogP contribution is 2.40. The van der Waals surface area contributed by atoms with Crippen LogP contribution in [0.5, 0.6) is 11.5 Å². The van der Waals surface area contributed by atoms with E-state index in [9.17, 15) is 9.90 Å². The summed E-state index contributed by atoms with van der Waals surface area (Å²) in [4.78, 5) is 19.1. The zero-order chi connectivity index (χ0) is 16.5. The summed E-state index contributed by atoms with van der Waals surface area (Å²) < 4.78 is 11.1. The van der Waals surface area contributed by atoms with E-state index in [2.05, 4.69) is 4.98 Å². The van der Waals surface area contributed by atoms with E-state index >= 15 is 0 Å². The van der Waals surface area contributed by atoms with Crippen LogP contribution in [-0.4, -0.2) is 53.3 Å². The van der Waals surface area contributed by atoms with Crippen molar-refractivity contribution in [1.82, 2.24) is 9.88 Å². The van der Waals surface area contributed by atoms with Gasteiger partial charge in [0.05, 0.1) is 6.10 Å². The number of pyridine rings is 1. The van der Waals surface area contributed by atoms with E-state index in [0.717, 1.165) is 12.0 Å². The number of carbonyl (C=O) groups excluding carboxylic acids is 1. The third-order valence-corrected chi connectivity index (χ3v) is 5.36. The van der Waals surface area contributed by atoms with Gasteiger partial charge in [-0.2, -0.15) is 0 Å². The van der Waals surface area contributed by atoms with E-state index in [1.165, 1.54) is 11.3 Å². The smallest absolute Gasteiger partial charge is 0.268 e. The number of hydrogen-bond acceptors (Lipinski definition) is 6. The zero-order valence-electron chi connectivity index (χ0n) is 13.1. The zero-order valence-corrected chi connectivity index (χ0v) is 13.9. The second-order valence-electron chi connectivity index (χ2n) is 6.05. The molecule has 0 unspecified atom stereocenters. The molecule has 0 spiro atoms. The van der Waals surface area contributed by atoms with E-state index < -0.39 is 6.10 Å². The number of hydrogen-bond donors (Lipinski definition) is 1. The van der Waals surface area contributed by atoms with Crippen LogP contribution in [0.4, 0.5) is 0 Å². The van der Waals surface area contributed by atoms with Gasteiger partial charge in [0.15, 0.2) is 11.5 Å². The Hall–Kier alpha value is -2.12. The van der Waals surface area contributed by atoms with Crippen LogP contribution in [0.15, 0.2) is 29.9 Å². The van der Waals surface area contributed by atoms with Crippen LogP contribution in [0.1, 0.15) is 15.2 Å². The molecule has 0 saturated carbocycles. The molecule has 4 rings (SSSR count). The molecule has 2 aromatic rings. The second kappa shape index (κ2) is 6.41. The van der Waals surface area contributed by atoms with E-state index in [1.54, 1.807) is 17.3 Å². The lowest BCUT2D eigenvalue weighted by Gasteiger charge is -2.19. The molecule has 6 nitrogen and oxygen atoms in total. The first-order valence-electron chi connectivity index (χ1n) is 7.95. The van der Waals surface area contributed by atoms with Gasteiger partial charge < -0.3 is 19.5 Å². The van der Waals surface area contributed by atoms with Gasteiger partial charge in [-0.15, -0.1) is 11.3 Å². The third-order valence-electron chi connectivity index (χ3n) is 4.44. The maximum absolute atomic E-state index is 12.8. The fourth-order valence-corrected chi connectivity index (χ4v) is 4.09. The van der Waals surface area contributed by atoms with Crippen molar-refractivity contribution in [3.8, 4) is 11.5 Å². The summed E-state index contributed by atoms with van der Waals surface area (Å²) in [7, 11) is 0. The molecule has 7 heteroatoms. The predicted octanol–water partition coefficient (Wildman–Crippen LogP) is 1.59. The molecule has 2 aliphatic rings. The van der Waals surface area contributed by atoms with Gasteiger partial charge in [0.2, 0.25) is 0 Å². The van der Waals surface area contributed by atoms with Crippen molar-refractivity contribution >= 4 is 17.2 Å². The van der Waals surface area contributed by atoms with Gasteiger partial charge in [0, 0.05) is 36.8 Å². The van der Waals surface area contributed by atoms with Gasteiger partial charge in [0.25, 0.3) is 5.91 Å². The highest BCUT2D eigenvalue weighted by atomic mass is 32.1. The average molecular weight is 346 g/mol. The number of rotatable bonds is 3. The third kappa shape index (κ3) is 2.85. The first-order valence-corrected chi connectivity index (χ1v) is 8.83. The van der Waals surface area contributed by atoms with Gasteiger partial charge in [-0.1, -0.05) is 0 Å². The summed E-state index contributed by atoms with van der Waals surface area (Å²) >= 11 is 1.34. The van der Waals surface area contributed by atoms with E-state index in [1.807, 2.05) is 17.5 Å². The largest absolute Gasteiger partial charge is 0.485 e. The Morgan fingerprint density at radius 3 is 2.92 bits per heavy atom. The highest BCUT2D eigenvalue weighted by Gasteiger charge is 2.36. The maximum Gasteiger partial charge on any atom is 0.268 e. The Morgan fingerprint density at radius 2 is 2.08 bits per heavy atom.